The minimum atomic E-state index is -0.0130. The molecule has 0 heterocycles. The Balaban J connectivity index is 3.65. The molecule has 0 amide bonds. The zero-order valence-electron chi connectivity index (χ0n) is 11.1. The van der Waals surface area contributed by atoms with Crippen molar-refractivity contribution in [2.45, 2.75) is 39.7 Å². The molecule has 0 aromatic heterocycles. The third-order valence-corrected chi connectivity index (χ3v) is 2.16. The number of nitrogens with zero attached hydrogens (tertiary/aromatic N) is 1. The Morgan fingerprint density at radius 3 is 2.27 bits per heavy atom. The minimum Gasteiger partial charge on any atom is -0.375 e. The van der Waals surface area contributed by atoms with Gasteiger partial charge in [0.2, 0.25) is 0 Å². The Morgan fingerprint density at radius 2 is 1.80 bits per heavy atom. The average Bonchev–Trinajstić information content (AvgIpc) is 2.12. The van der Waals surface area contributed by atoms with Crippen LogP contribution in [-0.4, -0.2) is 50.3 Å². The monoisotopic (exact) mass is 216 g/mol. The Kier molecular flexibility index (Phi) is 8.02. The lowest BCUT2D eigenvalue weighted by atomic mass is 10.2. The summed E-state index contributed by atoms with van der Waals surface area (Å²) < 4.78 is 5.72. The van der Waals surface area contributed by atoms with Gasteiger partial charge in [-0.25, -0.2) is 0 Å². The van der Waals surface area contributed by atoms with E-state index in [1.165, 1.54) is 6.42 Å². The first kappa shape index (κ1) is 14.9. The lowest BCUT2D eigenvalue weighted by molar-refractivity contribution is -0.0129. The maximum atomic E-state index is 5.72. The molecular weight excluding hydrogens is 188 g/mol. The van der Waals surface area contributed by atoms with Crippen LogP contribution >= 0.6 is 0 Å². The van der Waals surface area contributed by atoms with E-state index in [1.807, 2.05) is 7.05 Å². The van der Waals surface area contributed by atoms with Crippen LogP contribution in [0.1, 0.15) is 34.1 Å². The summed E-state index contributed by atoms with van der Waals surface area (Å²) in [5, 5.41) is 3.18. The van der Waals surface area contributed by atoms with Crippen molar-refractivity contribution in [3.63, 3.8) is 0 Å². The van der Waals surface area contributed by atoms with Crippen molar-refractivity contribution in [2.24, 2.45) is 0 Å². The van der Waals surface area contributed by atoms with Gasteiger partial charge in [0.15, 0.2) is 0 Å². The number of hydrogen-bond acceptors (Lipinski definition) is 3. The molecule has 92 valence electrons. The minimum absolute atomic E-state index is 0.0130. The van der Waals surface area contributed by atoms with Crippen LogP contribution in [0.4, 0.5) is 0 Å². The highest BCUT2D eigenvalue weighted by atomic mass is 16.5. The summed E-state index contributed by atoms with van der Waals surface area (Å²) in [6.07, 6.45) is 1.21. The molecule has 0 atom stereocenters. The van der Waals surface area contributed by atoms with Gasteiger partial charge in [-0.2, -0.15) is 0 Å². The molecule has 0 aliphatic rings. The van der Waals surface area contributed by atoms with Crippen molar-refractivity contribution in [3.8, 4) is 0 Å². The molecular formula is C12H28N2O. The summed E-state index contributed by atoms with van der Waals surface area (Å²) in [5.41, 5.74) is -0.0130. The lowest BCUT2D eigenvalue weighted by Gasteiger charge is -2.25. The third kappa shape index (κ3) is 10.2. The van der Waals surface area contributed by atoms with E-state index in [2.05, 4.69) is 37.9 Å². The third-order valence-electron chi connectivity index (χ3n) is 2.16. The normalized spacial score (nSPS) is 12.4. The Bertz CT molecular complexity index is 143. The van der Waals surface area contributed by atoms with Crippen LogP contribution in [0.15, 0.2) is 0 Å². The molecule has 0 saturated carbocycles. The van der Waals surface area contributed by atoms with Gasteiger partial charge in [0.1, 0.15) is 0 Å². The molecule has 0 fully saturated rings. The van der Waals surface area contributed by atoms with Crippen LogP contribution < -0.4 is 5.32 Å². The van der Waals surface area contributed by atoms with Crippen molar-refractivity contribution in [1.29, 1.82) is 0 Å². The molecule has 3 nitrogen and oxygen atoms in total. The number of hydrogen-bond donors (Lipinski definition) is 1. The molecule has 15 heavy (non-hydrogen) atoms. The van der Waals surface area contributed by atoms with Gasteiger partial charge in [0.25, 0.3) is 0 Å². The number of likely N-dealkylation sites (N-methyl/N-ethyl adjacent to an activating group) is 1. The lowest BCUT2D eigenvalue weighted by Crippen LogP contribution is -2.35. The molecule has 0 bridgehead atoms. The second kappa shape index (κ2) is 8.08. The Hall–Kier alpha value is -0.120. The van der Waals surface area contributed by atoms with E-state index in [1.54, 1.807) is 0 Å². The molecule has 0 rings (SSSR count). The highest BCUT2D eigenvalue weighted by Gasteiger charge is 2.10. The summed E-state index contributed by atoms with van der Waals surface area (Å²) in [4.78, 5) is 2.45. The van der Waals surface area contributed by atoms with Crippen LogP contribution in [0.2, 0.25) is 0 Å². The standard InChI is InChI=1S/C12H28N2O/c1-6-8-14(9-7-13-5)10-11-15-12(2,3)4/h13H,6-11H2,1-5H3. The molecule has 0 spiro atoms. The predicted octanol–water partition coefficient (Wildman–Crippen LogP) is 1.73. The molecule has 0 radical (unpaired) electrons. The fourth-order valence-corrected chi connectivity index (χ4v) is 1.40. The van der Waals surface area contributed by atoms with Gasteiger partial charge in [-0.1, -0.05) is 6.92 Å². The van der Waals surface area contributed by atoms with Crippen LogP contribution in [0.5, 0.6) is 0 Å². The van der Waals surface area contributed by atoms with Crippen molar-refractivity contribution in [1.82, 2.24) is 10.2 Å². The molecule has 0 unspecified atom stereocenters. The van der Waals surface area contributed by atoms with Crippen LogP contribution in [0, 0.1) is 0 Å². The van der Waals surface area contributed by atoms with Crippen molar-refractivity contribution < 1.29 is 4.74 Å². The molecule has 0 saturated heterocycles. The first-order chi connectivity index (χ1) is 6.99. The van der Waals surface area contributed by atoms with E-state index in [9.17, 15) is 0 Å². The van der Waals surface area contributed by atoms with Gasteiger partial charge >= 0.3 is 0 Å². The molecule has 0 aliphatic carbocycles. The Labute approximate surface area is 95.2 Å². The Morgan fingerprint density at radius 1 is 1.13 bits per heavy atom. The SMILES string of the molecule is CCCN(CCNC)CCOC(C)(C)C. The maximum absolute atomic E-state index is 5.72. The van der Waals surface area contributed by atoms with Gasteiger partial charge in [-0.05, 0) is 40.8 Å². The molecule has 0 aromatic carbocycles. The highest BCUT2D eigenvalue weighted by Crippen LogP contribution is 2.06. The fourth-order valence-electron chi connectivity index (χ4n) is 1.40. The molecule has 1 N–H and O–H groups in total. The van der Waals surface area contributed by atoms with Crippen molar-refractivity contribution in [2.75, 3.05) is 39.8 Å². The van der Waals surface area contributed by atoms with Crippen LogP contribution in [0.25, 0.3) is 0 Å². The molecule has 3 heteroatoms. The van der Waals surface area contributed by atoms with E-state index in [4.69, 9.17) is 4.74 Å². The van der Waals surface area contributed by atoms with E-state index >= 15 is 0 Å². The second-order valence-electron chi connectivity index (χ2n) is 4.91. The quantitative estimate of drug-likeness (QED) is 0.669. The highest BCUT2D eigenvalue weighted by molar-refractivity contribution is 4.62. The first-order valence-corrected chi connectivity index (χ1v) is 6.00. The van der Waals surface area contributed by atoms with E-state index in [0.717, 1.165) is 32.8 Å². The summed E-state index contributed by atoms with van der Waals surface area (Å²) in [5.74, 6) is 0. The maximum Gasteiger partial charge on any atom is 0.0600 e. The van der Waals surface area contributed by atoms with E-state index < -0.39 is 0 Å². The van der Waals surface area contributed by atoms with Gasteiger partial charge in [0.05, 0.1) is 12.2 Å². The summed E-state index contributed by atoms with van der Waals surface area (Å²) >= 11 is 0. The largest absolute Gasteiger partial charge is 0.375 e. The van der Waals surface area contributed by atoms with Gasteiger partial charge < -0.3 is 10.1 Å². The molecule has 0 aliphatic heterocycles. The van der Waals surface area contributed by atoms with Gasteiger partial charge in [-0.3, -0.25) is 4.90 Å². The summed E-state index contributed by atoms with van der Waals surface area (Å²) in [6.45, 7) is 13.7. The molecule has 0 aromatic rings. The fraction of sp³-hybridized carbons (Fsp3) is 1.00. The van der Waals surface area contributed by atoms with E-state index in [-0.39, 0.29) is 5.60 Å². The van der Waals surface area contributed by atoms with Crippen LogP contribution in [0.3, 0.4) is 0 Å². The zero-order valence-corrected chi connectivity index (χ0v) is 11.1. The summed E-state index contributed by atoms with van der Waals surface area (Å²) in [6, 6.07) is 0. The zero-order chi connectivity index (χ0) is 11.7. The summed E-state index contributed by atoms with van der Waals surface area (Å²) in [7, 11) is 2.00. The number of nitrogens with one attached hydrogen (secondary N) is 1. The first-order valence-electron chi connectivity index (χ1n) is 6.00. The smallest absolute Gasteiger partial charge is 0.0600 e. The van der Waals surface area contributed by atoms with Gasteiger partial charge in [0, 0.05) is 19.6 Å². The second-order valence-corrected chi connectivity index (χ2v) is 4.91. The average molecular weight is 216 g/mol. The topological polar surface area (TPSA) is 24.5 Å². The van der Waals surface area contributed by atoms with E-state index in [0.29, 0.717) is 0 Å². The van der Waals surface area contributed by atoms with Crippen molar-refractivity contribution >= 4 is 0 Å². The predicted molar refractivity (Wildman–Crippen MR) is 66.4 cm³/mol. The number of ether oxygens (including phenoxy) is 1. The van der Waals surface area contributed by atoms with Crippen molar-refractivity contribution in [3.05, 3.63) is 0 Å². The van der Waals surface area contributed by atoms with Crippen LogP contribution in [-0.2, 0) is 4.74 Å². The van der Waals surface area contributed by atoms with Gasteiger partial charge in [-0.15, -0.1) is 0 Å². The number of rotatable bonds is 8.